The Morgan fingerprint density at radius 2 is 1.07 bits per heavy atom. The van der Waals surface area contributed by atoms with Gasteiger partial charge < -0.3 is 20.9 Å². The highest BCUT2D eigenvalue weighted by Gasteiger charge is 2.19. The first-order valence-electron chi connectivity index (χ1n) is 21.1. The van der Waals surface area contributed by atoms with Crippen molar-refractivity contribution in [3.63, 3.8) is 0 Å². The molecular formula is C47H76N2O5. The minimum Gasteiger partial charge on any atom is -0.480 e. The van der Waals surface area contributed by atoms with Crippen LogP contribution < -0.4 is 11.1 Å². The van der Waals surface area contributed by atoms with Gasteiger partial charge in [-0.3, -0.25) is 9.59 Å². The van der Waals surface area contributed by atoms with Crippen LogP contribution in [0.25, 0.3) is 0 Å². The lowest BCUT2D eigenvalue weighted by Crippen LogP contribution is -2.40. The zero-order chi connectivity index (χ0) is 39.6. The number of nitrogens with one attached hydrogen (secondary N) is 1. The van der Waals surface area contributed by atoms with E-state index in [1.807, 2.05) is 6.08 Å². The highest BCUT2D eigenvalue weighted by atomic mass is 16.5. The van der Waals surface area contributed by atoms with Crippen LogP contribution in [0.1, 0.15) is 162 Å². The molecule has 0 aliphatic rings. The highest BCUT2D eigenvalue weighted by Crippen LogP contribution is 2.14. The lowest BCUT2D eigenvalue weighted by molar-refractivity contribution is -0.147. The number of allylic oxidation sites excluding steroid dienone is 15. The van der Waals surface area contributed by atoms with Gasteiger partial charge in [0.05, 0.1) is 0 Å². The molecule has 0 heterocycles. The van der Waals surface area contributed by atoms with Crippen molar-refractivity contribution in [2.75, 3.05) is 6.54 Å². The van der Waals surface area contributed by atoms with Gasteiger partial charge in [-0.15, -0.1) is 0 Å². The quantitative estimate of drug-likeness (QED) is 0.0333. The van der Waals surface area contributed by atoms with E-state index >= 15 is 0 Å². The van der Waals surface area contributed by atoms with Crippen LogP contribution >= 0.6 is 0 Å². The second kappa shape index (κ2) is 40.5. The van der Waals surface area contributed by atoms with Crippen LogP contribution in [0.3, 0.4) is 0 Å². The van der Waals surface area contributed by atoms with Crippen molar-refractivity contribution in [3.8, 4) is 0 Å². The Hall–Kier alpha value is -3.71. The zero-order valence-electron chi connectivity index (χ0n) is 34.0. The Bertz CT molecular complexity index is 1160. The standard InChI is InChI=1S/C47H76N2O5/c1-3-5-7-9-11-13-14-15-16-17-18-19-20-21-22-23-24-25-27-29-35-41-46(51)54-43(37-32-28-26-12-10-8-6-4-2)38-33-30-31-34-40-45(50)49-44(47(52)53)39-36-42-48/h5,7,11-13,15-16,18-19,21-22,24-26,32,37,43-44H,3-4,6,8-10,14,17,20,23,27-31,33-36,38-42,48H2,1-2H3,(H,49,50)(H,52,53)/b7-5-,13-11-,16-15-,19-18-,22-21-,25-24-,26-12-,37-32-. The monoisotopic (exact) mass is 749 g/mol. The predicted octanol–water partition coefficient (Wildman–Crippen LogP) is 11.9. The Morgan fingerprint density at radius 1 is 0.574 bits per heavy atom. The molecule has 0 aromatic heterocycles. The lowest BCUT2D eigenvalue weighted by Gasteiger charge is -2.15. The fourth-order valence-corrected chi connectivity index (χ4v) is 5.46. The summed E-state index contributed by atoms with van der Waals surface area (Å²) in [4.78, 5) is 36.3. The fourth-order valence-electron chi connectivity index (χ4n) is 5.46. The van der Waals surface area contributed by atoms with Gasteiger partial charge in [0, 0.05) is 12.8 Å². The second-order valence-electron chi connectivity index (χ2n) is 13.7. The van der Waals surface area contributed by atoms with Crippen molar-refractivity contribution in [1.82, 2.24) is 5.32 Å². The number of carboxylic acids is 1. The Balaban J connectivity index is 4.39. The number of esters is 1. The number of nitrogens with two attached hydrogens (primary N) is 1. The van der Waals surface area contributed by atoms with Crippen LogP contribution in [0.5, 0.6) is 0 Å². The maximum absolute atomic E-state index is 12.7. The van der Waals surface area contributed by atoms with E-state index in [0.717, 1.165) is 96.3 Å². The second-order valence-corrected chi connectivity index (χ2v) is 13.7. The molecule has 1 amide bonds. The van der Waals surface area contributed by atoms with Gasteiger partial charge in [-0.25, -0.2) is 4.79 Å². The van der Waals surface area contributed by atoms with E-state index in [1.165, 1.54) is 19.3 Å². The van der Waals surface area contributed by atoms with Crippen LogP contribution in [0.2, 0.25) is 0 Å². The molecule has 0 aromatic carbocycles. The van der Waals surface area contributed by atoms with Gasteiger partial charge in [-0.2, -0.15) is 0 Å². The number of aliphatic carboxylic acids is 1. The topological polar surface area (TPSA) is 119 Å². The third kappa shape index (κ3) is 36.6. The summed E-state index contributed by atoms with van der Waals surface area (Å²) in [7, 11) is 0. The Labute approximate surface area is 329 Å². The van der Waals surface area contributed by atoms with Gasteiger partial charge in [0.2, 0.25) is 5.91 Å². The molecule has 7 nitrogen and oxygen atoms in total. The number of hydrogen-bond donors (Lipinski definition) is 3. The number of amides is 1. The van der Waals surface area contributed by atoms with E-state index in [1.54, 1.807) is 0 Å². The fraction of sp³-hybridized carbons (Fsp3) is 0.596. The molecular weight excluding hydrogens is 673 g/mol. The van der Waals surface area contributed by atoms with Crippen molar-refractivity contribution in [2.45, 2.75) is 174 Å². The van der Waals surface area contributed by atoms with Crippen molar-refractivity contribution in [1.29, 1.82) is 0 Å². The summed E-state index contributed by atoms with van der Waals surface area (Å²) in [5.74, 6) is -1.41. The summed E-state index contributed by atoms with van der Waals surface area (Å²) in [6.07, 6.45) is 54.7. The number of carboxylic acid groups (broad SMARTS) is 1. The van der Waals surface area contributed by atoms with Crippen LogP contribution in [-0.2, 0) is 19.1 Å². The van der Waals surface area contributed by atoms with Crippen LogP contribution in [-0.4, -0.2) is 41.6 Å². The molecule has 4 N–H and O–H groups in total. The van der Waals surface area contributed by atoms with Gasteiger partial charge in [0.1, 0.15) is 12.1 Å². The van der Waals surface area contributed by atoms with Crippen LogP contribution in [0, 0.1) is 0 Å². The summed E-state index contributed by atoms with van der Waals surface area (Å²) in [6.45, 7) is 4.76. The maximum atomic E-state index is 12.7. The van der Waals surface area contributed by atoms with E-state index in [2.05, 4.69) is 110 Å². The first kappa shape index (κ1) is 50.3. The summed E-state index contributed by atoms with van der Waals surface area (Å²) in [5, 5.41) is 11.9. The smallest absolute Gasteiger partial charge is 0.326 e. The number of unbranched alkanes of at least 4 members (excludes halogenated alkanes) is 8. The molecule has 0 spiro atoms. The Kier molecular flexibility index (Phi) is 37.7. The summed E-state index contributed by atoms with van der Waals surface area (Å²) in [5.41, 5.74) is 5.48. The number of carbonyl (C=O) groups is 3. The Morgan fingerprint density at radius 3 is 1.61 bits per heavy atom. The SMILES string of the molecule is CC/C=C\C/C=C\C/C=C\C/C=C\C/C=C\C/C=C\CCCCC(=O)OC(/C=C\C/C=C\CCCCC)CCCCCCC(=O)NC(CCCN)C(=O)O. The number of carbonyl (C=O) groups excluding carboxylic acids is 2. The van der Waals surface area contributed by atoms with E-state index in [9.17, 15) is 19.5 Å². The molecule has 0 radical (unpaired) electrons. The normalized spacial score (nSPS) is 13.7. The van der Waals surface area contributed by atoms with E-state index in [4.69, 9.17) is 10.5 Å². The number of rotatable bonds is 36. The summed E-state index contributed by atoms with van der Waals surface area (Å²) >= 11 is 0. The lowest BCUT2D eigenvalue weighted by atomic mass is 10.1. The average molecular weight is 749 g/mol. The third-order valence-corrected chi connectivity index (χ3v) is 8.62. The molecule has 0 saturated carbocycles. The summed E-state index contributed by atoms with van der Waals surface area (Å²) < 4.78 is 5.88. The van der Waals surface area contributed by atoms with E-state index in [-0.39, 0.29) is 18.0 Å². The molecule has 0 fully saturated rings. The van der Waals surface area contributed by atoms with Crippen LogP contribution in [0.15, 0.2) is 97.2 Å². The molecule has 0 bridgehead atoms. The molecule has 0 aromatic rings. The molecule has 2 atom stereocenters. The van der Waals surface area contributed by atoms with Crippen molar-refractivity contribution >= 4 is 17.8 Å². The first-order valence-corrected chi connectivity index (χ1v) is 21.1. The zero-order valence-corrected chi connectivity index (χ0v) is 34.0. The third-order valence-electron chi connectivity index (χ3n) is 8.62. The maximum Gasteiger partial charge on any atom is 0.326 e. The minimum atomic E-state index is -1.03. The van der Waals surface area contributed by atoms with E-state index in [0.29, 0.717) is 38.6 Å². The van der Waals surface area contributed by atoms with Gasteiger partial charge >= 0.3 is 11.9 Å². The number of ether oxygens (including phenoxy) is 1. The highest BCUT2D eigenvalue weighted by molar-refractivity contribution is 5.83. The molecule has 2 unspecified atom stereocenters. The molecule has 54 heavy (non-hydrogen) atoms. The van der Waals surface area contributed by atoms with Gasteiger partial charge in [-0.1, -0.05) is 131 Å². The molecule has 0 saturated heterocycles. The van der Waals surface area contributed by atoms with Crippen molar-refractivity contribution < 1.29 is 24.2 Å². The van der Waals surface area contributed by atoms with Gasteiger partial charge in [0.25, 0.3) is 0 Å². The summed E-state index contributed by atoms with van der Waals surface area (Å²) in [6, 6.07) is -0.883. The minimum absolute atomic E-state index is 0.151. The molecule has 7 heteroatoms. The van der Waals surface area contributed by atoms with Crippen LogP contribution in [0.4, 0.5) is 0 Å². The van der Waals surface area contributed by atoms with Gasteiger partial charge in [0.15, 0.2) is 0 Å². The van der Waals surface area contributed by atoms with Gasteiger partial charge in [-0.05, 0) is 122 Å². The molecule has 304 valence electrons. The predicted molar refractivity (Wildman–Crippen MR) is 229 cm³/mol. The molecule has 0 aliphatic carbocycles. The number of hydrogen-bond acceptors (Lipinski definition) is 5. The van der Waals surface area contributed by atoms with Crippen molar-refractivity contribution in [3.05, 3.63) is 97.2 Å². The largest absolute Gasteiger partial charge is 0.480 e. The van der Waals surface area contributed by atoms with Crippen molar-refractivity contribution in [2.24, 2.45) is 5.73 Å². The molecule has 0 aliphatic heterocycles. The van der Waals surface area contributed by atoms with E-state index < -0.39 is 12.0 Å². The average Bonchev–Trinajstić information content (AvgIpc) is 3.16. The molecule has 0 rings (SSSR count). The first-order chi connectivity index (χ1) is 26.4.